The van der Waals surface area contributed by atoms with E-state index in [1.807, 2.05) is 30.7 Å². The standard InChI is InChI=1S/C22H21N5O2/c1-13-21(14(2)27(26-13)12-16-8-6-15(11-23)7-9-16)25-22(29)18-10-20(28)24-19-5-3-4-17(18)19/h6-10H,3-5,12H2,1-2H3,(H,24,28)(H,25,29). The highest BCUT2D eigenvalue weighted by atomic mass is 16.2. The van der Waals surface area contributed by atoms with Gasteiger partial charge in [-0.1, -0.05) is 12.1 Å². The minimum atomic E-state index is -0.279. The first-order valence-corrected chi connectivity index (χ1v) is 9.55. The number of nitrogens with one attached hydrogen (secondary N) is 2. The fraction of sp³-hybridized carbons (Fsp3) is 0.273. The van der Waals surface area contributed by atoms with Gasteiger partial charge in [0, 0.05) is 11.8 Å². The number of benzene rings is 1. The van der Waals surface area contributed by atoms with Crippen LogP contribution in [0.25, 0.3) is 0 Å². The van der Waals surface area contributed by atoms with Crippen molar-refractivity contribution in [2.45, 2.75) is 39.7 Å². The van der Waals surface area contributed by atoms with Crippen LogP contribution in [0.15, 0.2) is 35.1 Å². The Morgan fingerprint density at radius 3 is 2.76 bits per heavy atom. The summed E-state index contributed by atoms with van der Waals surface area (Å²) >= 11 is 0. The molecule has 0 fully saturated rings. The Kier molecular flexibility index (Phi) is 4.77. The molecule has 0 atom stereocenters. The molecule has 4 rings (SSSR count). The van der Waals surface area contributed by atoms with Crippen LogP contribution in [0.4, 0.5) is 5.69 Å². The highest BCUT2D eigenvalue weighted by molar-refractivity contribution is 6.06. The number of aromatic nitrogens is 3. The summed E-state index contributed by atoms with van der Waals surface area (Å²) in [6.45, 7) is 4.29. The number of carbonyl (C=O) groups is 1. The highest BCUT2D eigenvalue weighted by Gasteiger charge is 2.22. The van der Waals surface area contributed by atoms with Crippen LogP contribution in [0.1, 0.15) is 50.6 Å². The molecule has 0 aliphatic heterocycles. The number of aromatic amines is 1. The number of hydrogen-bond donors (Lipinski definition) is 2. The number of H-pyrrole nitrogens is 1. The van der Waals surface area contributed by atoms with E-state index in [2.05, 4.69) is 21.5 Å². The molecule has 2 aromatic heterocycles. The largest absolute Gasteiger partial charge is 0.326 e. The minimum absolute atomic E-state index is 0.249. The Morgan fingerprint density at radius 1 is 1.28 bits per heavy atom. The predicted molar refractivity (Wildman–Crippen MR) is 109 cm³/mol. The molecule has 1 aliphatic carbocycles. The molecule has 3 aromatic rings. The minimum Gasteiger partial charge on any atom is -0.326 e. The lowest BCUT2D eigenvalue weighted by molar-refractivity contribution is 0.102. The Labute approximate surface area is 168 Å². The number of nitriles is 1. The summed E-state index contributed by atoms with van der Waals surface area (Å²) in [6.07, 6.45) is 2.53. The molecule has 1 amide bonds. The van der Waals surface area contributed by atoms with Crippen LogP contribution in [0.3, 0.4) is 0 Å². The highest BCUT2D eigenvalue weighted by Crippen LogP contribution is 2.25. The van der Waals surface area contributed by atoms with Crippen LogP contribution in [0.5, 0.6) is 0 Å². The molecule has 1 aromatic carbocycles. The molecule has 29 heavy (non-hydrogen) atoms. The maximum atomic E-state index is 12.9. The van der Waals surface area contributed by atoms with Crippen LogP contribution < -0.4 is 10.9 Å². The van der Waals surface area contributed by atoms with Gasteiger partial charge < -0.3 is 10.3 Å². The second kappa shape index (κ2) is 7.40. The van der Waals surface area contributed by atoms with E-state index in [-0.39, 0.29) is 11.5 Å². The molecule has 2 N–H and O–H groups in total. The molecule has 0 saturated heterocycles. The average Bonchev–Trinajstić information content (AvgIpc) is 3.28. The van der Waals surface area contributed by atoms with Crippen molar-refractivity contribution in [3.8, 4) is 6.07 Å². The number of aryl methyl sites for hydroxylation is 2. The number of amides is 1. The first-order valence-electron chi connectivity index (χ1n) is 9.55. The van der Waals surface area contributed by atoms with Gasteiger partial charge in [0.25, 0.3) is 5.91 Å². The maximum absolute atomic E-state index is 12.9. The van der Waals surface area contributed by atoms with E-state index in [0.717, 1.165) is 41.8 Å². The van der Waals surface area contributed by atoms with Gasteiger partial charge >= 0.3 is 0 Å². The third-order valence-corrected chi connectivity index (χ3v) is 5.37. The summed E-state index contributed by atoms with van der Waals surface area (Å²) in [5.41, 5.74) is 5.83. The molecule has 2 heterocycles. The summed E-state index contributed by atoms with van der Waals surface area (Å²) in [4.78, 5) is 27.7. The second-order valence-corrected chi connectivity index (χ2v) is 7.32. The molecule has 0 spiro atoms. The molecule has 0 unspecified atom stereocenters. The Bertz CT molecular complexity index is 1200. The normalized spacial score (nSPS) is 12.4. The van der Waals surface area contributed by atoms with Crippen LogP contribution in [-0.2, 0) is 19.4 Å². The topological polar surface area (TPSA) is 104 Å². The zero-order chi connectivity index (χ0) is 20.5. The molecule has 0 bridgehead atoms. The zero-order valence-corrected chi connectivity index (χ0v) is 16.4. The number of rotatable bonds is 4. The Balaban J connectivity index is 1.59. The summed E-state index contributed by atoms with van der Waals surface area (Å²) in [5.74, 6) is -0.279. The maximum Gasteiger partial charge on any atom is 0.256 e. The van der Waals surface area contributed by atoms with Crippen molar-refractivity contribution in [2.75, 3.05) is 5.32 Å². The smallest absolute Gasteiger partial charge is 0.256 e. The van der Waals surface area contributed by atoms with Crippen LogP contribution in [-0.4, -0.2) is 20.7 Å². The van der Waals surface area contributed by atoms with Crippen molar-refractivity contribution in [2.24, 2.45) is 0 Å². The summed E-state index contributed by atoms with van der Waals surface area (Å²) < 4.78 is 1.83. The average molecular weight is 387 g/mol. The van der Waals surface area contributed by atoms with Gasteiger partial charge in [-0.25, -0.2) is 0 Å². The van der Waals surface area contributed by atoms with E-state index in [1.165, 1.54) is 6.07 Å². The van der Waals surface area contributed by atoms with Crippen molar-refractivity contribution >= 4 is 11.6 Å². The van der Waals surface area contributed by atoms with Gasteiger partial charge in [0.1, 0.15) is 0 Å². The lowest BCUT2D eigenvalue weighted by Gasteiger charge is -2.10. The number of pyridine rings is 1. The van der Waals surface area contributed by atoms with Gasteiger partial charge in [-0.3, -0.25) is 14.3 Å². The number of carbonyl (C=O) groups excluding carboxylic acids is 1. The molecule has 7 nitrogen and oxygen atoms in total. The second-order valence-electron chi connectivity index (χ2n) is 7.32. The quantitative estimate of drug-likeness (QED) is 0.718. The molecular weight excluding hydrogens is 366 g/mol. The molecule has 146 valence electrons. The zero-order valence-electron chi connectivity index (χ0n) is 16.4. The van der Waals surface area contributed by atoms with Gasteiger partial charge in [-0.2, -0.15) is 10.4 Å². The fourth-order valence-electron chi connectivity index (χ4n) is 3.85. The summed E-state index contributed by atoms with van der Waals surface area (Å²) in [5, 5.41) is 16.4. The van der Waals surface area contributed by atoms with E-state index in [4.69, 9.17) is 5.26 Å². The Morgan fingerprint density at radius 2 is 2.03 bits per heavy atom. The monoisotopic (exact) mass is 387 g/mol. The molecule has 1 aliphatic rings. The summed E-state index contributed by atoms with van der Waals surface area (Å²) in [7, 11) is 0. The van der Waals surface area contributed by atoms with E-state index in [0.29, 0.717) is 29.1 Å². The molecule has 7 heteroatoms. The SMILES string of the molecule is Cc1nn(Cc2ccc(C#N)cc2)c(C)c1NC(=O)c1cc(=O)[nH]c2c1CCC2. The Hall–Kier alpha value is -3.66. The van der Waals surface area contributed by atoms with Crippen molar-refractivity contribution in [1.29, 1.82) is 5.26 Å². The van der Waals surface area contributed by atoms with Crippen LogP contribution in [0, 0.1) is 25.2 Å². The third-order valence-electron chi connectivity index (χ3n) is 5.37. The van der Waals surface area contributed by atoms with Crippen molar-refractivity contribution in [3.05, 3.63) is 80.0 Å². The van der Waals surface area contributed by atoms with Crippen LogP contribution in [0.2, 0.25) is 0 Å². The molecular formula is C22H21N5O2. The lowest BCUT2D eigenvalue weighted by atomic mass is 10.1. The van der Waals surface area contributed by atoms with Crippen LogP contribution >= 0.6 is 0 Å². The van der Waals surface area contributed by atoms with E-state index in [9.17, 15) is 9.59 Å². The molecule has 0 saturated carbocycles. The fourth-order valence-corrected chi connectivity index (χ4v) is 3.85. The predicted octanol–water partition coefficient (Wildman–Crippen LogP) is 2.85. The van der Waals surface area contributed by atoms with Gasteiger partial charge in [0.2, 0.25) is 5.56 Å². The van der Waals surface area contributed by atoms with Crippen molar-refractivity contribution in [1.82, 2.24) is 14.8 Å². The first kappa shape index (κ1) is 18.7. The lowest BCUT2D eigenvalue weighted by Crippen LogP contribution is -2.20. The van der Waals surface area contributed by atoms with Gasteiger partial charge in [-0.05, 0) is 56.4 Å². The number of fused-ring (bicyclic) bond motifs is 1. The number of nitrogens with zero attached hydrogens (tertiary/aromatic N) is 3. The van der Waals surface area contributed by atoms with E-state index >= 15 is 0 Å². The van der Waals surface area contributed by atoms with Gasteiger partial charge in [0.05, 0.1) is 40.8 Å². The van der Waals surface area contributed by atoms with Gasteiger partial charge in [0.15, 0.2) is 0 Å². The number of hydrogen-bond acceptors (Lipinski definition) is 4. The molecule has 0 radical (unpaired) electrons. The number of anilines is 1. The summed E-state index contributed by atoms with van der Waals surface area (Å²) in [6, 6.07) is 10.8. The third kappa shape index (κ3) is 3.57. The van der Waals surface area contributed by atoms with E-state index < -0.39 is 0 Å². The van der Waals surface area contributed by atoms with Crippen molar-refractivity contribution in [3.63, 3.8) is 0 Å². The van der Waals surface area contributed by atoms with E-state index in [1.54, 1.807) is 12.1 Å². The van der Waals surface area contributed by atoms with Gasteiger partial charge in [-0.15, -0.1) is 0 Å². The first-order chi connectivity index (χ1) is 14.0. The van der Waals surface area contributed by atoms with Crippen molar-refractivity contribution < 1.29 is 4.79 Å².